The average molecular weight is 301 g/mol. The summed E-state index contributed by atoms with van der Waals surface area (Å²) in [5.74, 6) is 0. The number of rotatable bonds is 5. The summed E-state index contributed by atoms with van der Waals surface area (Å²) in [6, 6.07) is 8.32. The van der Waals surface area contributed by atoms with Gasteiger partial charge in [0.05, 0.1) is 6.61 Å². The quantitative estimate of drug-likeness (QED) is 0.739. The molecule has 0 amide bonds. The van der Waals surface area contributed by atoms with Crippen LogP contribution in [0.15, 0.2) is 28.7 Å². The minimum atomic E-state index is -0.646. The molecule has 0 unspecified atom stereocenters. The summed E-state index contributed by atoms with van der Waals surface area (Å²) < 4.78 is 6.92. The Kier molecular flexibility index (Phi) is 5.22. The first-order valence-corrected chi connectivity index (χ1v) is 9.42. The molecule has 1 nitrogen and oxygen atoms in total. The lowest BCUT2D eigenvalue weighted by atomic mass is 10.2. The molecule has 0 aromatic heterocycles. The summed E-state index contributed by atoms with van der Waals surface area (Å²) in [4.78, 5) is 0. The minimum Gasteiger partial charge on any atom is -0.377 e. The van der Waals surface area contributed by atoms with Gasteiger partial charge in [-0.25, -0.2) is 0 Å². The van der Waals surface area contributed by atoms with Gasteiger partial charge < -0.3 is 4.74 Å². The second kappa shape index (κ2) is 5.99. The fourth-order valence-corrected chi connectivity index (χ4v) is 1.89. The molecule has 0 radical (unpaired) electrons. The SMILES string of the molecule is C[SiH](C)C(C)(C)COCc1ccc(Br)cc1. The van der Waals surface area contributed by atoms with E-state index in [-0.39, 0.29) is 0 Å². The lowest BCUT2D eigenvalue weighted by Crippen LogP contribution is -2.26. The molecule has 0 saturated carbocycles. The maximum atomic E-state index is 5.81. The Labute approximate surface area is 109 Å². The first-order valence-electron chi connectivity index (χ1n) is 5.74. The van der Waals surface area contributed by atoms with E-state index in [2.05, 4.69) is 67.1 Å². The fourth-order valence-electron chi connectivity index (χ4n) is 1.18. The zero-order chi connectivity index (χ0) is 12.2. The van der Waals surface area contributed by atoms with E-state index in [1.165, 1.54) is 5.56 Å². The van der Waals surface area contributed by atoms with Crippen LogP contribution in [0.1, 0.15) is 19.4 Å². The van der Waals surface area contributed by atoms with Crippen LogP contribution in [0.4, 0.5) is 0 Å². The third kappa shape index (κ3) is 4.40. The molecule has 0 saturated heterocycles. The van der Waals surface area contributed by atoms with Crippen molar-refractivity contribution in [3.05, 3.63) is 34.3 Å². The lowest BCUT2D eigenvalue weighted by molar-refractivity contribution is 0.101. The number of hydrogen-bond acceptors (Lipinski definition) is 1. The Bertz CT molecular complexity index is 319. The van der Waals surface area contributed by atoms with Crippen molar-refractivity contribution in [1.82, 2.24) is 0 Å². The molecule has 0 spiro atoms. The maximum absolute atomic E-state index is 5.81. The molecule has 0 aliphatic heterocycles. The predicted molar refractivity (Wildman–Crippen MR) is 76.7 cm³/mol. The summed E-state index contributed by atoms with van der Waals surface area (Å²) in [5.41, 5.74) is 1.24. The first-order chi connectivity index (χ1) is 7.42. The van der Waals surface area contributed by atoms with Crippen LogP contribution in [0.5, 0.6) is 0 Å². The monoisotopic (exact) mass is 300 g/mol. The van der Waals surface area contributed by atoms with Crippen molar-refractivity contribution in [2.75, 3.05) is 6.61 Å². The second-order valence-electron chi connectivity index (χ2n) is 5.26. The van der Waals surface area contributed by atoms with Crippen molar-refractivity contribution in [3.8, 4) is 0 Å². The summed E-state index contributed by atoms with van der Waals surface area (Å²) >= 11 is 3.43. The molecule has 0 atom stereocenters. The Balaban J connectivity index is 2.39. The van der Waals surface area contributed by atoms with Crippen molar-refractivity contribution >= 4 is 24.7 Å². The van der Waals surface area contributed by atoms with Gasteiger partial charge in [0.2, 0.25) is 0 Å². The largest absolute Gasteiger partial charge is 0.377 e. The van der Waals surface area contributed by atoms with E-state index in [0.717, 1.165) is 17.7 Å². The third-order valence-corrected chi connectivity index (χ3v) is 7.04. The summed E-state index contributed by atoms with van der Waals surface area (Å²) in [7, 11) is -0.646. The molecule has 1 aromatic carbocycles. The number of hydrogen-bond donors (Lipinski definition) is 0. The number of benzene rings is 1. The van der Waals surface area contributed by atoms with Crippen molar-refractivity contribution in [3.63, 3.8) is 0 Å². The Hall–Kier alpha value is -0.123. The molecule has 0 fully saturated rings. The van der Waals surface area contributed by atoms with Crippen LogP contribution >= 0.6 is 15.9 Å². The first kappa shape index (κ1) is 13.9. The Morgan fingerprint density at radius 3 is 2.25 bits per heavy atom. The summed E-state index contributed by atoms with van der Waals surface area (Å²) in [6.45, 7) is 11.0. The van der Waals surface area contributed by atoms with E-state index < -0.39 is 8.80 Å². The van der Waals surface area contributed by atoms with Crippen LogP contribution in [0.25, 0.3) is 0 Å². The highest BCUT2D eigenvalue weighted by Gasteiger charge is 2.23. The standard InChI is InChI=1S/C13H21BrOSi/c1-13(2,16(3)4)10-15-9-11-5-7-12(14)8-6-11/h5-8,16H,9-10H2,1-4H3. The predicted octanol–water partition coefficient (Wildman–Crippen LogP) is 4.23. The Morgan fingerprint density at radius 2 is 1.75 bits per heavy atom. The van der Waals surface area contributed by atoms with Gasteiger partial charge in [-0.1, -0.05) is 55.0 Å². The van der Waals surface area contributed by atoms with Crippen LogP contribution in [0.2, 0.25) is 18.1 Å². The highest BCUT2D eigenvalue weighted by Crippen LogP contribution is 2.28. The minimum absolute atomic E-state index is 0.384. The molecule has 1 aromatic rings. The van der Waals surface area contributed by atoms with Gasteiger partial charge in [-0.05, 0) is 22.7 Å². The second-order valence-corrected chi connectivity index (χ2v) is 10.1. The Morgan fingerprint density at radius 1 is 1.19 bits per heavy atom. The molecular weight excluding hydrogens is 280 g/mol. The molecule has 3 heteroatoms. The van der Waals surface area contributed by atoms with Crippen LogP contribution in [0, 0.1) is 0 Å². The molecule has 0 aliphatic carbocycles. The molecule has 90 valence electrons. The normalized spacial score (nSPS) is 12.1. The number of ether oxygens (including phenoxy) is 1. The van der Waals surface area contributed by atoms with Gasteiger partial charge in [0.15, 0.2) is 0 Å². The van der Waals surface area contributed by atoms with Crippen LogP contribution in [-0.4, -0.2) is 15.4 Å². The van der Waals surface area contributed by atoms with Crippen LogP contribution in [0.3, 0.4) is 0 Å². The van der Waals surface area contributed by atoms with E-state index in [0.29, 0.717) is 5.04 Å². The van der Waals surface area contributed by atoms with Gasteiger partial charge in [0, 0.05) is 19.9 Å². The van der Waals surface area contributed by atoms with Crippen molar-refractivity contribution in [2.45, 2.75) is 38.6 Å². The van der Waals surface area contributed by atoms with E-state index in [1.54, 1.807) is 0 Å². The fraction of sp³-hybridized carbons (Fsp3) is 0.538. The van der Waals surface area contributed by atoms with Gasteiger partial charge in [-0.15, -0.1) is 0 Å². The molecule has 0 N–H and O–H groups in total. The zero-order valence-electron chi connectivity index (χ0n) is 10.6. The van der Waals surface area contributed by atoms with Gasteiger partial charge in [0.25, 0.3) is 0 Å². The summed E-state index contributed by atoms with van der Waals surface area (Å²) in [6.07, 6.45) is 0. The van der Waals surface area contributed by atoms with E-state index in [4.69, 9.17) is 4.74 Å². The lowest BCUT2D eigenvalue weighted by Gasteiger charge is -2.27. The van der Waals surface area contributed by atoms with Crippen molar-refractivity contribution < 1.29 is 4.74 Å². The highest BCUT2D eigenvalue weighted by molar-refractivity contribution is 9.10. The van der Waals surface area contributed by atoms with Crippen LogP contribution < -0.4 is 0 Å². The molecule has 0 aliphatic rings. The van der Waals surface area contributed by atoms with E-state index in [1.807, 2.05) is 0 Å². The molecule has 16 heavy (non-hydrogen) atoms. The molecule has 1 rings (SSSR count). The van der Waals surface area contributed by atoms with E-state index in [9.17, 15) is 0 Å². The van der Waals surface area contributed by atoms with Crippen molar-refractivity contribution in [2.24, 2.45) is 0 Å². The van der Waals surface area contributed by atoms with E-state index >= 15 is 0 Å². The van der Waals surface area contributed by atoms with Crippen molar-refractivity contribution in [1.29, 1.82) is 0 Å². The van der Waals surface area contributed by atoms with Crippen LogP contribution in [-0.2, 0) is 11.3 Å². The topological polar surface area (TPSA) is 9.23 Å². The van der Waals surface area contributed by atoms with Gasteiger partial charge in [0.1, 0.15) is 0 Å². The van der Waals surface area contributed by atoms with Gasteiger partial charge in [-0.2, -0.15) is 0 Å². The molecule has 0 bridgehead atoms. The molecular formula is C13H21BrOSi. The summed E-state index contributed by atoms with van der Waals surface area (Å²) in [5, 5.41) is 0.384. The number of halogens is 1. The highest BCUT2D eigenvalue weighted by atomic mass is 79.9. The maximum Gasteiger partial charge on any atom is 0.0716 e. The third-order valence-electron chi connectivity index (χ3n) is 3.22. The smallest absolute Gasteiger partial charge is 0.0716 e. The average Bonchev–Trinajstić information content (AvgIpc) is 2.20. The molecule has 0 heterocycles. The van der Waals surface area contributed by atoms with Gasteiger partial charge >= 0.3 is 0 Å². The van der Waals surface area contributed by atoms with Gasteiger partial charge in [-0.3, -0.25) is 0 Å². The zero-order valence-corrected chi connectivity index (χ0v) is 13.3.